The summed E-state index contributed by atoms with van der Waals surface area (Å²) in [6.07, 6.45) is 7.41. The van der Waals surface area contributed by atoms with Gasteiger partial charge in [-0.25, -0.2) is 0 Å². The smallest absolute Gasteiger partial charge is 0.187 e. The number of anilines is 2. The van der Waals surface area contributed by atoms with Crippen LogP contribution in [0.25, 0.3) is 0 Å². The van der Waals surface area contributed by atoms with Crippen molar-refractivity contribution in [3.63, 3.8) is 0 Å². The van der Waals surface area contributed by atoms with Gasteiger partial charge in [0.1, 0.15) is 5.69 Å². The molecule has 128 valence electrons. The first-order valence-electron chi connectivity index (χ1n) is 7.82. The Labute approximate surface area is 142 Å². The van der Waals surface area contributed by atoms with Gasteiger partial charge < -0.3 is 16.4 Å². The number of ketones is 1. The van der Waals surface area contributed by atoms with Gasteiger partial charge in [0, 0.05) is 55.4 Å². The Bertz CT molecular complexity index is 703. The topological polar surface area (TPSA) is 98.1 Å². The van der Waals surface area contributed by atoms with Crippen molar-refractivity contribution in [1.82, 2.24) is 9.97 Å². The van der Waals surface area contributed by atoms with E-state index in [-0.39, 0.29) is 25.7 Å². The third kappa shape index (κ3) is 3.89. The second kappa shape index (κ2) is 7.88. The van der Waals surface area contributed by atoms with Crippen LogP contribution in [0.4, 0.5) is 11.4 Å². The molecular weight excluding hydrogens is 302 g/mol. The minimum atomic E-state index is -0.0985. The zero-order valence-corrected chi connectivity index (χ0v) is 13.0. The van der Waals surface area contributed by atoms with Crippen LogP contribution in [0.2, 0.25) is 0 Å². The van der Waals surface area contributed by atoms with E-state index in [0.717, 1.165) is 37.2 Å². The molecular formula is C18H25N5O. The quantitative estimate of drug-likeness (QED) is 0.834. The highest BCUT2D eigenvalue weighted by atomic mass is 16.1. The lowest BCUT2D eigenvalue weighted by molar-refractivity contribution is 0.0989. The van der Waals surface area contributed by atoms with Crippen molar-refractivity contribution in [3.05, 3.63) is 48.0 Å². The van der Waals surface area contributed by atoms with Gasteiger partial charge >= 0.3 is 0 Å². The third-order valence-corrected chi connectivity index (χ3v) is 4.13. The fraction of sp³-hybridized carbons (Fsp3) is 0.389. The van der Waals surface area contributed by atoms with E-state index < -0.39 is 0 Å². The van der Waals surface area contributed by atoms with Crippen molar-refractivity contribution < 1.29 is 4.79 Å². The number of carbonyl (C=O) groups excluding carboxylic acids is 1. The van der Waals surface area contributed by atoms with Crippen molar-refractivity contribution in [1.29, 1.82) is 0 Å². The molecule has 0 aliphatic carbocycles. The number of pyridine rings is 2. The Kier molecular flexibility index (Phi) is 5.87. The van der Waals surface area contributed by atoms with Gasteiger partial charge in [-0.05, 0) is 31.0 Å². The van der Waals surface area contributed by atoms with E-state index in [9.17, 15) is 4.79 Å². The van der Waals surface area contributed by atoms with E-state index in [1.165, 1.54) is 0 Å². The van der Waals surface area contributed by atoms with Gasteiger partial charge in [0.05, 0.1) is 5.69 Å². The van der Waals surface area contributed by atoms with Crippen LogP contribution in [0.15, 0.2) is 36.8 Å². The summed E-state index contributed by atoms with van der Waals surface area (Å²) in [5.74, 6) is -0.0985. The molecule has 0 bridgehead atoms. The van der Waals surface area contributed by atoms with Crippen LogP contribution < -0.4 is 16.4 Å². The highest BCUT2D eigenvalue weighted by molar-refractivity contribution is 6.00. The van der Waals surface area contributed by atoms with Crippen molar-refractivity contribution in [3.8, 4) is 0 Å². The molecule has 1 atom stereocenters. The maximum absolute atomic E-state index is 12.5. The number of nitrogens with two attached hydrogens (primary N) is 2. The molecule has 0 spiro atoms. The van der Waals surface area contributed by atoms with Gasteiger partial charge in [-0.2, -0.15) is 0 Å². The Hall–Kier alpha value is -2.47. The molecule has 1 aliphatic heterocycles. The Morgan fingerprint density at radius 1 is 1.33 bits per heavy atom. The Morgan fingerprint density at radius 2 is 2.17 bits per heavy atom. The van der Waals surface area contributed by atoms with Crippen molar-refractivity contribution in [2.24, 2.45) is 5.73 Å². The molecule has 6 nitrogen and oxygen atoms in total. The predicted molar refractivity (Wildman–Crippen MR) is 97.1 cm³/mol. The molecule has 0 aromatic carbocycles. The molecule has 0 amide bonds. The highest BCUT2D eigenvalue weighted by Gasteiger charge is 2.21. The van der Waals surface area contributed by atoms with Crippen LogP contribution in [-0.4, -0.2) is 34.9 Å². The Morgan fingerprint density at radius 3 is 2.92 bits per heavy atom. The number of hydrogen-bond donors (Lipinski definition) is 2. The highest BCUT2D eigenvalue weighted by Crippen LogP contribution is 2.24. The predicted octanol–water partition coefficient (Wildman–Crippen LogP) is 2.05. The van der Waals surface area contributed by atoms with Crippen LogP contribution in [-0.2, 0) is 6.42 Å². The lowest BCUT2D eigenvalue weighted by Crippen LogP contribution is -2.43. The zero-order chi connectivity index (χ0) is 16.2. The second-order valence-corrected chi connectivity index (χ2v) is 5.89. The molecule has 1 fully saturated rings. The standard InChI is InChI=1S/C17H21N5O.CH4/c18-13-3-2-8-22(11-13)15-5-7-20-10-12(15)9-16(23)17-14(19)4-1-6-21-17;/h1,4-7,10,13H,2-3,8-9,11,18-19H2;1H4/t13-;/m0./s1. The minimum absolute atomic E-state index is 0. The summed E-state index contributed by atoms with van der Waals surface area (Å²) in [5, 5.41) is 0. The summed E-state index contributed by atoms with van der Waals surface area (Å²) in [4.78, 5) is 23.0. The van der Waals surface area contributed by atoms with E-state index in [0.29, 0.717) is 11.4 Å². The maximum atomic E-state index is 12.5. The molecule has 3 heterocycles. The van der Waals surface area contributed by atoms with Crippen molar-refractivity contribution in [2.45, 2.75) is 32.7 Å². The number of Topliss-reactive ketones (excluding diaryl/α,β-unsaturated/α-hetero) is 1. The number of carbonyl (C=O) groups is 1. The maximum Gasteiger partial charge on any atom is 0.187 e. The molecule has 2 aromatic heterocycles. The van der Waals surface area contributed by atoms with Crippen LogP contribution in [0, 0.1) is 0 Å². The molecule has 1 saturated heterocycles. The number of aromatic nitrogens is 2. The number of rotatable bonds is 4. The first-order chi connectivity index (χ1) is 11.1. The van der Waals surface area contributed by atoms with Gasteiger partial charge in [-0.3, -0.25) is 14.8 Å². The average Bonchev–Trinajstić information content (AvgIpc) is 2.55. The SMILES string of the molecule is C.Nc1cccnc1C(=O)Cc1cnccc1N1CCC[C@H](N)C1. The normalized spacial score (nSPS) is 17.2. The monoisotopic (exact) mass is 327 g/mol. The van der Waals surface area contributed by atoms with Crippen molar-refractivity contribution in [2.75, 3.05) is 23.7 Å². The average molecular weight is 327 g/mol. The van der Waals surface area contributed by atoms with Crippen molar-refractivity contribution >= 4 is 17.2 Å². The lowest BCUT2D eigenvalue weighted by Gasteiger charge is -2.33. The van der Waals surface area contributed by atoms with E-state index in [1.54, 1.807) is 30.7 Å². The van der Waals surface area contributed by atoms with E-state index in [1.807, 2.05) is 6.07 Å². The van der Waals surface area contributed by atoms with Crippen LogP contribution in [0.3, 0.4) is 0 Å². The molecule has 2 aromatic rings. The lowest BCUT2D eigenvalue weighted by atomic mass is 10.0. The van der Waals surface area contributed by atoms with Gasteiger partial charge in [-0.15, -0.1) is 0 Å². The summed E-state index contributed by atoms with van der Waals surface area (Å²) in [6, 6.07) is 5.53. The summed E-state index contributed by atoms with van der Waals surface area (Å²) in [7, 11) is 0. The van der Waals surface area contributed by atoms with E-state index in [4.69, 9.17) is 11.5 Å². The summed E-state index contributed by atoms with van der Waals surface area (Å²) >= 11 is 0. The molecule has 3 rings (SSSR count). The summed E-state index contributed by atoms with van der Waals surface area (Å²) < 4.78 is 0. The number of piperidine rings is 1. The fourth-order valence-corrected chi connectivity index (χ4v) is 3.00. The molecule has 0 saturated carbocycles. The van der Waals surface area contributed by atoms with Gasteiger partial charge in [0.25, 0.3) is 0 Å². The van der Waals surface area contributed by atoms with Gasteiger partial charge in [0.2, 0.25) is 0 Å². The summed E-state index contributed by atoms with van der Waals surface area (Å²) in [5.41, 5.74) is 14.6. The first-order valence-corrected chi connectivity index (χ1v) is 7.82. The van der Waals surface area contributed by atoms with Crippen LogP contribution >= 0.6 is 0 Å². The third-order valence-electron chi connectivity index (χ3n) is 4.13. The molecule has 1 aliphatic rings. The van der Waals surface area contributed by atoms with Gasteiger partial charge in [-0.1, -0.05) is 7.43 Å². The van der Waals surface area contributed by atoms with Crippen LogP contribution in [0.1, 0.15) is 36.3 Å². The summed E-state index contributed by atoms with van der Waals surface area (Å²) in [6.45, 7) is 1.75. The first kappa shape index (κ1) is 17.9. The molecule has 0 radical (unpaired) electrons. The second-order valence-electron chi connectivity index (χ2n) is 5.89. The van der Waals surface area contributed by atoms with E-state index >= 15 is 0 Å². The largest absolute Gasteiger partial charge is 0.397 e. The zero-order valence-electron chi connectivity index (χ0n) is 13.0. The van der Waals surface area contributed by atoms with E-state index in [2.05, 4.69) is 14.9 Å². The fourth-order valence-electron chi connectivity index (χ4n) is 3.00. The molecule has 0 unspecified atom stereocenters. The molecule has 24 heavy (non-hydrogen) atoms. The number of hydrogen-bond acceptors (Lipinski definition) is 6. The van der Waals surface area contributed by atoms with Crippen LogP contribution in [0.5, 0.6) is 0 Å². The number of nitrogen functional groups attached to an aromatic ring is 1. The molecule has 4 N–H and O–H groups in total. The number of nitrogens with zero attached hydrogens (tertiary/aromatic N) is 3. The minimum Gasteiger partial charge on any atom is -0.397 e. The molecule has 6 heteroatoms. The Balaban J connectivity index is 0.00000208. The van der Waals surface area contributed by atoms with Gasteiger partial charge in [0.15, 0.2) is 5.78 Å².